The van der Waals surface area contributed by atoms with Crippen LogP contribution in [-0.2, 0) is 16.1 Å². The van der Waals surface area contributed by atoms with Gasteiger partial charge in [0, 0.05) is 23.6 Å². The summed E-state index contributed by atoms with van der Waals surface area (Å²) >= 11 is 3.03. The number of hydrogen-bond acceptors (Lipinski definition) is 5. The number of thiophene rings is 1. The molecule has 2 aromatic rings. The molecule has 0 spiro atoms. The van der Waals surface area contributed by atoms with Gasteiger partial charge in [0.1, 0.15) is 0 Å². The summed E-state index contributed by atoms with van der Waals surface area (Å²) in [6.45, 7) is 4.15. The maximum atomic E-state index is 11.8. The van der Waals surface area contributed by atoms with Gasteiger partial charge in [-0.05, 0) is 18.6 Å². The second kappa shape index (κ2) is 8.79. The number of hydrogen-bond donors (Lipinski definition) is 2. The highest BCUT2D eigenvalue weighted by molar-refractivity contribution is 7.17. The monoisotopic (exact) mass is 351 g/mol. The number of carbonyl (C=O) groups excluding carboxylic acids is 2. The average molecular weight is 351 g/mol. The molecule has 5 nitrogen and oxygen atoms in total. The van der Waals surface area contributed by atoms with Crippen LogP contribution in [0.4, 0.5) is 5.13 Å². The Morgan fingerprint density at radius 3 is 2.83 bits per heavy atom. The summed E-state index contributed by atoms with van der Waals surface area (Å²) in [7, 11) is 0. The number of rotatable bonds is 8. The number of carbonyl (C=O) groups is 2. The van der Waals surface area contributed by atoms with E-state index in [1.165, 1.54) is 18.3 Å². The van der Waals surface area contributed by atoms with Crippen molar-refractivity contribution in [3.63, 3.8) is 0 Å². The van der Waals surface area contributed by atoms with Crippen molar-refractivity contribution in [2.24, 2.45) is 0 Å². The fourth-order valence-corrected chi connectivity index (χ4v) is 3.69. The number of unbranched alkanes of at least 4 members (excludes halogenated alkanes) is 2. The largest absolute Gasteiger partial charge is 0.351 e. The molecule has 2 N–H and O–H groups in total. The second-order valence-electron chi connectivity index (χ2n) is 5.22. The molecule has 7 heteroatoms. The van der Waals surface area contributed by atoms with Crippen LogP contribution in [0.15, 0.2) is 17.5 Å². The van der Waals surface area contributed by atoms with Crippen molar-refractivity contribution in [1.29, 1.82) is 0 Å². The summed E-state index contributed by atoms with van der Waals surface area (Å²) < 4.78 is 0. The van der Waals surface area contributed by atoms with E-state index < -0.39 is 0 Å². The molecule has 0 aliphatic heterocycles. The van der Waals surface area contributed by atoms with E-state index in [0.29, 0.717) is 18.1 Å². The molecule has 0 saturated carbocycles. The molecule has 2 amide bonds. The Balaban J connectivity index is 1.91. The van der Waals surface area contributed by atoms with E-state index in [1.54, 1.807) is 11.3 Å². The van der Waals surface area contributed by atoms with Gasteiger partial charge in [-0.25, -0.2) is 4.98 Å². The predicted octanol–water partition coefficient (Wildman–Crippen LogP) is 4.03. The van der Waals surface area contributed by atoms with Crippen LogP contribution in [0.5, 0.6) is 0 Å². The number of nitrogens with zero attached hydrogens (tertiary/aromatic N) is 1. The number of anilines is 1. The van der Waals surface area contributed by atoms with E-state index in [1.807, 2.05) is 17.5 Å². The third kappa shape index (κ3) is 5.76. The van der Waals surface area contributed by atoms with Crippen LogP contribution in [-0.4, -0.2) is 16.8 Å². The van der Waals surface area contributed by atoms with Crippen LogP contribution in [0.1, 0.15) is 44.4 Å². The van der Waals surface area contributed by atoms with Gasteiger partial charge in [-0.1, -0.05) is 19.8 Å². The lowest BCUT2D eigenvalue weighted by Crippen LogP contribution is -2.17. The third-order valence-electron chi connectivity index (χ3n) is 3.18. The molecule has 2 aromatic heterocycles. The highest BCUT2D eigenvalue weighted by Crippen LogP contribution is 2.30. The summed E-state index contributed by atoms with van der Waals surface area (Å²) in [6, 6.07) is 3.97. The quantitative estimate of drug-likeness (QED) is 0.706. The summed E-state index contributed by atoms with van der Waals surface area (Å²) in [5.74, 6) is -0.0152. The van der Waals surface area contributed by atoms with Crippen LogP contribution in [0.25, 0.3) is 10.6 Å². The topological polar surface area (TPSA) is 71.1 Å². The van der Waals surface area contributed by atoms with Crippen molar-refractivity contribution in [2.75, 3.05) is 5.32 Å². The first-order valence-electron chi connectivity index (χ1n) is 7.67. The molecule has 0 aliphatic rings. The Morgan fingerprint density at radius 1 is 1.26 bits per heavy atom. The molecule has 0 unspecified atom stereocenters. The van der Waals surface area contributed by atoms with Crippen LogP contribution in [0, 0.1) is 0 Å². The summed E-state index contributed by atoms with van der Waals surface area (Å²) in [5.41, 5.74) is 0.859. The smallest absolute Gasteiger partial charge is 0.226 e. The lowest BCUT2D eigenvalue weighted by atomic mass is 10.2. The molecule has 0 atom stereocenters. The molecule has 2 rings (SSSR count). The minimum atomic E-state index is -0.0401. The molecule has 0 bridgehead atoms. The molecule has 124 valence electrons. The fraction of sp³-hybridized carbons (Fsp3) is 0.438. The zero-order chi connectivity index (χ0) is 16.7. The molecular weight excluding hydrogens is 330 g/mol. The number of thiazole rings is 1. The molecular formula is C16H21N3O2S2. The average Bonchev–Trinajstić information content (AvgIpc) is 3.14. The standard InChI is InChI=1S/C16H21N3O2S2/c1-3-4-5-6-15(21)19-16-18-13(10-22-16)14-8-7-12(23-14)9-17-11(2)20/h7-8,10H,3-6,9H2,1-2H3,(H,17,20)(H,18,19,21). The Bertz CT molecular complexity index is 664. The van der Waals surface area contributed by atoms with Crippen molar-refractivity contribution in [3.8, 4) is 10.6 Å². The van der Waals surface area contributed by atoms with Gasteiger partial charge in [-0.15, -0.1) is 22.7 Å². The Hall–Kier alpha value is -1.73. The van der Waals surface area contributed by atoms with Crippen molar-refractivity contribution in [3.05, 3.63) is 22.4 Å². The fourth-order valence-electron chi connectivity index (χ4n) is 1.98. The second-order valence-corrected chi connectivity index (χ2v) is 7.25. The molecule has 0 aromatic carbocycles. The van der Waals surface area contributed by atoms with Gasteiger partial charge in [0.2, 0.25) is 11.8 Å². The van der Waals surface area contributed by atoms with Gasteiger partial charge in [0.25, 0.3) is 0 Å². The molecule has 23 heavy (non-hydrogen) atoms. The summed E-state index contributed by atoms with van der Waals surface area (Å²) in [4.78, 5) is 29.3. The minimum absolute atomic E-state index is 0.0249. The maximum Gasteiger partial charge on any atom is 0.226 e. The number of nitrogens with one attached hydrogen (secondary N) is 2. The van der Waals surface area contributed by atoms with Crippen molar-refractivity contribution >= 4 is 39.6 Å². The van der Waals surface area contributed by atoms with Gasteiger partial charge >= 0.3 is 0 Å². The summed E-state index contributed by atoms with van der Waals surface area (Å²) in [5, 5.41) is 8.21. The zero-order valence-corrected chi connectivity index (χ0v) is 15.0. The van der Waals surface area contributed by atoms with Crippen LogP contribution < -0.4 is 10.6 Å². The Labute approximate surface area is 144 Å². The van der Waals surface area contributed by atoms with Gasteiger partial charge in [0.05, 0.1) is 17.1 Å². The van der Waals surface area contributed by atoms with Gasteiger partial charge < -0.3 is 10.6 Å². The van der Waals surface area contributed by atoms with Crippen LogP contribution >= 0.6 is 22.7 Å². The first-order valence-corrected chi connectivity index (χ1v) is 9.37. The van der Waals surface area contributed by atoms with Crippen molar-refractivity contribution in [2.45, 2.75) is 46.1 Å². The first kappa shape index (κ1) is 17.6. The van der Waals surface area contributed by atoms with Crippen molar-refractivity contribution in [1.82, 2.24) is 10.3 Å². The number of amides is 2. The van der Waals surface area contributed by atoms with Crippen LogP contribution in [0.3, 0.4) is 0 Å². The van der Waals surface area contributed by atoms with Gasteiger partial charge in [-0.2, -0.15) is 0 Å². The first-order chi connectivity index (χ1) is 11.1. The van der Waals surface area contributed by atoms with Crippen LogP contribution in [0.2, 0.25) is 0 Å². The van der Waals surface area contributed by atoms with E-state index in [-0.39, 0.29) is 11.8 Å². The normalized spacial score (nSPS) is 10.5. The zero-order valence-electron chi connectivity index (χ0n) is 13.3. The van der Waals surface area contributed by atoms with E-state index in [0.717, 1.165) is 34.7 Å². The van der Waals surface area contributed by atoms with E-state index in [9.17, 15) is 9.59 Å². The molecule has 0 saturated heterocycles. The molecule has 0 radical (unpaired) electrons. The Kier molecular flexibility index (Phi) is 6.73. The van der Waals surface area contributed by atoms with E-state index in [2.05, 4.69) is 22.5 Å². The highest BCUT2D eigenvalue weighted by Gasteiger charge is 2.10. The SMILES string of the molecule is CCCCCC(=O)Nc1nc(-c2ccc(CNC(C)=O)s2)cs1. The Morgan fingerprint density at radius 2 is 2.09 bits per heavy atom. The highest BCUT2D eigenvalue weighted by atomic mass is 32.1. The van der Waals surface area contributed by atoms with Crippen molar-refractivity contribution < 1.29 is 9.59 Å². The molecule has 0 fully saturated rings. The molecule has 0 aliphatic carbocycles. The minimum Gasteiger partial charge on any atom is -0.351 e. The lowest BCUT2D eigenvalue weighted by Gasteiger charge is -2.00. The van der Waals surface area contributed by atoms with Gasteiger partial charge in [-0.3, -0.25) is 9.59 Å². The third-order valence-corrected chi connectivity index (χ3v) is 5.05. The maximum absolute atomic E-state index is 11.8. The lowest BCUT2D eigenvalue weighted by molar-refractivity contribution is -0.119. The number of aromatic nitrogens is 1. The summed E-state index contributed by atoms with van der Waals surface area (Å²) in [6.07, 6.45) is 3.64. The molecule has 2 heterocycles. The van der Waals surface area contributed by atoms with E-state index >= 15 is 0 Å². The predicted molar refractivity (Wildman–Crippen MR) is 95.7 cm³/mol. The van der Waals surface area contributed by atoms with Gasteiger partial charge in [0.15, 0.2) is 5.13 Å². The van der Waals surface area contributed by atoms with E-state index in [4.69, 9.17) is 0 Å².